The lowest BCUT2D eigenvalue weighted by atomic mass is 10.2. The van der Waals surface area contributed by atoms with Crippen LogP contribution in [-0.4, -0.2) is 40.6 Å². The highest BCUT2D eigenvalue weighted by atomic mass is 35.5. The Balaban J connectivity index is 1.82. The molecule has 0 aliphatic rings. The molecule has 152 valence electrons. The second-order valence-corrected chi connectivity index (χ2v) is 7.25. The number of imidazole rings is 1. The first-order chi connectivity index (χ1) is 14.0. The molecule has 0 N–H and O–H groups in total. The van der Waals surface area contributed by atoms with Gasteiger partial charge in [-0.25, -0.2) is 9.37 Å². The molecule has 0 fully saturated rings. The van der Waals surface area contributed by atoms with Gasteiger partial charge >= 0.3 is 0 Å². The number of methoxy groups -OCH3 is 1. The van der Waals surface area contributed by atoms with E-state index in [0.717, 1.165) is 5.56 Å². The summed E-state index contributed by atoms with van der Waals surface area (Å²) in [5, 5.41) is 1.11. The second-order valence-electron chi connectivity index (χ2n) is 6.41. The highest BCUT2D eigenvalue weighted by Gasteiger charge is 2.21. The molecule has 0 saturated heterocycles. The monoisotopic (exact) mass is 435 g/mol. The minimum absolute atomic E-state index is 0.0162. The zero-order chi connectivity index (χ0) is 20.8. The Morgan fingerprint density at radius 1 is 1.24 bits per heavy atom. The van der Waals surface area contributed by atoms with E-state index < -0.39 is 11.7 Å². The molecule has 8 heteroatoms. The van der Waals surface area contributed by atoms with Crippen LogP contribution in [-0.2, 0) is 17.8 Å². The summed E-state index contributed by atoms with van der Waals surface area (Å²) >= 11 is 12.2. The number of aromatic nitrogens is 2. The SMILES string of the molecule is COCCN(Cc1nccn1Cc1ccc(Cl)cc1Cl)C(=O)c1ccccc1F. The van der Waals surface area contributed by atoms with E-state index >= 15 is 0 Å². The number of hydrogen-bond donors (Lipinski definition) is 0. The standard InChI is InChI=1S/C21H20Cl2FN3O2/c1-29-11-10-27(21(28)17-4-2-3-5-19(17)24)14-20-25-8-9-26(20)13-15-6-7-16(22)12-18(15)23/h2-9,12H,10-11,13-14H2,1H3. The number of nitrogens with zero attached hydrogens (tertiary/aromatic N) is 3. The highest BCUT2D eigenvalue weighted by Crippen LogP contribution is 2.22. The molecule has 3 rings (SSSR count). The fraction of sp³-hybridized carbons (Fsp3) is 0.238. The molecule has 0 aliphatic heterocycles. The minimum atomic E-state index is -0.559. The number of rotatable bonds is 8. The van der Waals surface area contributed by atoms with E-state index in [-0.39, 0.29) is 12.1 Å². The maximum Gasteiger partial charge on any atom is 0.257 e. The maximum atomic E-state index is 14.1. The smallest absolute Gasteiger partial charge is 0.257 e. The Kier molecular flexibility index (Phi) is 7.25. The number of carbonyl (C=O) groups is 1. The van der Waals surface area contributed by atoms with Gasteiger partial charge in [-0.2, -0.15) is 0 Å². The average molecular weight is 436 g/mol. The van der Waals surface area contributed by atoms with Crippen LogP contribution in [0.3, 0.4) is 0 Å². The van der Waals surface area contributed by atoms with Crippen molar-refractivity contribution in [3.8, 4) is 0 Å². The largest absolute Gasteiger partial charge is 0.383 e. The topological polar surface area (TPSA) is 47.4 Å². The Bertz CT molecular complexity index is 994. The van der Waals surface area contributed by atoms with Crippen LogP contribution in [0.15, 0.2) is 54.9 Å². The van der Waals surface area contributed by atoms with Crippen LogP contribution in [0.5, 0.6) is 0 Å². The van der Waals surface area contributed by atoms with Crippen LogP contribution < -0.4 is 0 Å². The first kappa shape index (κ1) is 21.3. The lowest BCUT2D eigenvalue weighted by Gasteiger charge is -2.23. The molecule has 0 radical (unpaired) electrons. The van der Waals surface area contributed by atoms with Crippen molar-refractivity contribution in [1.29, 1.82) is 0 Å². The van der Waals surface area contributed by atoms with Gasteiger partial charge in [-0.1, -0.05) is 41.4 Å². The van der Waals surface area contributed by atoms with Crippen molar-refractivity contribution >= 4 is 29.1 Å². The number of halogens is 3. The zero-order valence-electron chi connectivity index (χ0n) is 15.8. The normalized spacial score (nSPS) is 10.9. The van der Waals surface area contributed by atoms with Crippen LogP contribution >= 0.6 is 23.2 Å². The van der Waals surface area contributed by atoms with Gasteiger partial charge in [0.1, 0.15) is 11.6 Å². The minimum Gasteiger partial charge on any atom is -0.383 e. The van der Waals surface area contributed by atoms with Crippen molar-refractivity contribution in [2.45, 2.75) is 13.1 Å². The van der Waals surface area contributed by atoms with Crippen molar-refractivity contribution < 1.29 is 13.9 Å². The van der Waals surface area contributed by atoms with Crippen molar-refractivity contribution in [2.75, 3.05) is 20.3 Å². The first-order valence-corrected chi connectivity index (χ1v) is 9.72. The molecule has 0 aliphatic carbocycles. The Morgan fingerprint density at radius 2 is 2.03 bits per heavy atom. The van der Waals surface area contributed by atoms with Gasteiger partial charge in [-0.3, -0.25) is 4.79 Å². The Labute approximate surface area is 178 Å². The first-order valence-electron chi connectivity index (χ1n) is 8.96. The van der Waals surface area contributed by atoms with E-state index in [0.29, 0.717) is 35.6 Å². The van der Waals surface area contributed by atoms with Gasteiger partial charge in [0.05, 0.1) is 25.3 Å². The average Bonchev–Trinajstić information content (AvgIpc) is 3.14. The predicted molar refractivity (Wildman–Crippen MR) is 111 cm³/mol. The van der Waals surface area contributed by atoms with Crippen LogP contribution in [0, 0.1) is 5.82 Å². The van der Waals surface area contributed by atoms with Crippen LogP contribution in [0.4, 0.5) is 4.39 Å². The molecule has 1 amide bonds. The van der Waals surface area contributed by atoms with E-state index in [1.54, 1.807) is 37.6 Å². The summed E-state index contributed by atoms with van der Waals surface area (Å²) in [7, 11) is 1.55. The molecule has 1 heterocycles. The van der Waals surface area contributed by atoms with Crippen LogP contribution in [0.2, 0.25) is 10.0 Å². The third-order valence-corrected chi connectivity index (χ3v) is 5.03. The fourth-order valence-corrected chi connectivity index (χ4v) is 3.37. The summed E-state index contributed by atoms with van der Waals surface area (Å²) in [4.78, 5) is 18.8. The molecule has 0 bridgehead atoms. The molecule has 29 heavy (non-hydrogen) atoms. The van der Waals surface area contributed by atoms with Crippen molar-refractivity contribution in [3.63, 3.8) is 0 Å². The van der Waals surface area contributed by atoms with Crippen LogP contribution in [0.25, 0.3) is 0 Å². The number of benzene rings is 2. The third-order valence-electron chi connectivity index (χ3n) is 4.45. The molecule has 1 aromatic heterocycles. The Morgan fingerprint density at radius 3 is 2.76 bits per heavy atom. The van der Waals surface area contributed by atoms with E-state index in [2.05, 4.69) is 4.98 Å². The summed E-state index contributed by atoms with van der Waals surface area (Å²) in [6.07, 6.45) is 3.46. The fourth-order valence-electron chi connectivity index (χ4n) is 2.90. The van der Waals surface area contributed by atoms with Gasteiger partial charge in [0.25, 0.3) is 5.91 Å². The molecule has 5 nitrogen and oxygen atoms in total. The van der Waals surface area contributed by atoms with Crippen molar-refractivity contribution in [2.24, 2.45) is 0 Å². The number of ether oxygens (including phenoxy) is 1. The summed E-state index contributed by atoms with van der Waals surface area (Å²) in [5.41, 5.74) is 0.890. The molecule has 0 unspecified atom stereocenters. The second kappa shape index (κ2) is 9.87. The molecular formula is C21H20Cl2FN3O2. The van der Waals surface area contributed by atoms with Gasteiger partial charge in [-0.05, 0) is 29.8 Å². The zero-order valence-corrected chi connectivity index (χ0v) is 17.3. The number of hydrogen-bond acceptors (Lipinski definition) is 3. The van der Waals surface area contributed by atoms with Gasteiger partial charge < -0.3 is 14.2 Å². The van der Waals surface area contributed by atoms with E-state index in [1.165, 1.54) is 17.0 Å². The molecule has 0 spiro atoms. The molecule has 3 aromatic rings. The lowest BCUT2D eigenvalue weighted by Crippen LogP contribution is -2.35. The number of amides is 1. The highest BCUT2D eigenvalue weighted by molar-refractivity contribution is 6.35. The molecule has 0 atom stereocenters. The van der Waals surface area contributed by atoms with Gasteiger partial charge in [0, 0.05) is 36.1 Å². The molecular weight excluding hydrogens is 416 g/mol. The van der Waals surface area contributed by atoms with Crippen molar-refractivity contribution in [1.82, 2.24) is 14.5 Å². The van der Waals surface area contributed by atoms with Gasteiger partial charge in [0.15, 0.2) is 0 Å². The van der Waals surface area contributed by atoms with E-state index in [1.807, 2.05) is 16.8 Å². The summed E-state index contributed by atoms with van der Waals surface area (Å²) in [6.45, 7) is 1.30. The quantitative estimate of drug-likeness (QED) is 0.516. The maximum absolute atomic E-state index is 14.1. The lowest BCUT2D eigenvalue weighted by molar-refractivity contribution is 0.0668. The van der Waals surface area contributed by atoms with Gasteiger partial charge in [0.2, 0.25) is 0 Å². The molecule has 2 aromatic carbocycles. The summed E-state index contributed by atoms with van der Waals surface area (Å²) in [6, 6.07) is 11.2. The predicted octanol–water partition coefficient (Wildman–Crippen LogP) is 4.67. The Hall–Kier alpha value is -2.41. The summed E-state index contributed by atoms with van der Waals surface area (Å²) < 4.78 is 21.1. The molecule has 0 saturated carbocycles. The number of carbonyl (C=O) groups excluding carboxylic acids is 1. The van der Waals surface area contributed by atoms with E-state index in [9.17, 15) is 9.18 Å². The van der Waals surface area contributed by atoms with E-state index in [4.69, 9.17) is 27.9 Å². The van der Waals surface area contributed by atoms with Crippen molar-refractivity contribution in [3.05, 3.63) is 87.7 Å². The summed E-state index contributed by atoms with van der Waals surface area (Å²) in [5.74, 6) is -0.327. The van der Waals surface area contributed by atoms with Crippen LogP contribution in [0.1, 0.15) is 21.7 Å². The van der Waals surface area contributed by atoms with Gasteiger partial charge in [-0.15, -0.1) is 0 Å². The third kappa shape index (κ3) is 5.35.